The molecule has 5 aromatic rings. The maximum absolute atomic E-state index is 4.40. The summed E-state index contributed by atoms with van der Waals surface area (Å²) in [7, 11) is 0. The van der Waals surface area contributed by atoms with Gasteiger partial charge in [-0.2, -0.15) is 0 Å². The van der Waals surface area contributed by atoms with Gasteiger partial charge in [-0.05, 0) is 157 Å². The largest absolute Gasteiger partial charge is 0.334 e. The van der Waals surface area contributed by atoms with Crippen LogP contribution < -0.4 is 9.80 Å². The minimum Gasteiger partial charge on any atom is -0.334 e. The third kappa shape index (κ3) is 11.2. The summed E-state index contributed by atoms with van der Waals surface area (Å²) in [6, 6.07) is 47.0. The number of hydrogen-bond donors (Lipinski definition) is 0. The molecule has 2 atom stereocenters. The third-order valence-corrected chi connectivity index (χ3v) is 12.0. The second kappa shape index (κ2) is 20.9. The Kier molecular flexibility index (Phi) is 15.2. The van der Waals surface area contributed by atoms with Crippen LogP contribution in [0, 0.1) is 12.8 Å². The molecule has 0 saturated carbocycles. The van der Waals surface area contributed by atoms with Crippen molar-refractivity contribution in [2.75, 3.05) is 9.80 Å². The van der Waals surface area contributed by atoms with E-state index in [0.29, 0.717) is 5.92 Å². The smallest absolute Gasteiger partial charge is 0.0560 e. The van der Waals surface area contributed by atoms with Crippen molar-refractivity contribution in [3.63, 3.8) is 0 Å². The number of benzene rings is 5. The fourth-order valence-corrected chi connectivity index (χ4v) is 7.85. The fourth-order valence-electron chi connectivity index (χ4n) is 7.85. The van der Waals surface area contributed by atoms with Gasteiger partial charge >= 0.3 is 0 Å². The molecule has 0 spiro atoms. The van der Waals surface area contributed by atoms with Crippen LogP contribution in [0.25, 0.3) is 5.57 Å². The predicted molar refractivity (Wildman–Crippen MR) is 263 cm³/mol. The molecule has 0 N–H and O–H groups in total. The summed E-state index contributed by atoms with van der Waals surface area (Å²) in [5.74, 6) is 0.605. The molecular formula is C58H66N2. The van der Waals surface area contributed by atoms with Crippen molar-refractivity contribution in [2.45, 2.75) is 98.4 Å². The molecule has 7 rings (SSSR count). The Morgan fingerprint density at radius 1 is 0.717 bits per heavy atom. The standard InChI is InChI=1S/C52H54N2.C6H12/c1-7-52(5,6)45-26-30-48(31-27-45)54(51-15-11-12-39(3)36-51)50-34-32-49(33-35-50)53(46-13-9-8-10-14-46)47-28-20-42(21-29-47)37-41-18-24-44(25-19-41)40(4)43-22-16-38(2)17-23-43;1-3-5-6-4-2/h8-16,18-28,30-36,38,47H,4,7,17,29,37H2,1-3,5-6H3;3,5H,4,6H2,1-2H3. The Bertz CT molecular complexity index is 2300. The van der Waals surface area contributed by atoms with Gasteiger partial charge in [0.15, 0.2) is 0 Å². The van der Waals surface area contributed by atoms with E-state index in [4.69, 9.17) is 0 Å². The highest BCUT2D eigenvalue weighted by atomic mass is 15.2. The quantitative estimate of drug-likeness (QED) is 0.103. The van der Waals surface area contributed by atoms with Crippen molar-refractivity contribution >= 4 is 34.0 Å². The van der Waals surface area contributed by atoms with Crippen LogP contribution in [0.15, 0.2) is 194 Å². The van der Waals surface area contributed by atoms with E-state index in [1.165, 1.54) is 57.6 Å². The minimum absolute atomic E-state index is 0.143. The Morgan fingerprint density at radius 2 is 1.37 bits per heavy atom. The summed E-state index contributed by atoms with van der Waals surface area (Å²) < 4.78 is 0. The summed E-state index contributed by atoms with van der Waals surface area (Å²) in [5.41, 5.74) is 14.8. The average Bonchev–Trinajstić information content (AvgIpc) is 3.28. The topological polar surface area (TPSA) is 6.48 Å². The highest BCUT2D eigenvalue weighted by Gasteiger charge is 2.23. The molecule has 0 aromatic heterocycles. The maximum Gasteiger partial charge on any atom is 0.0560 e. The maximum atomic E-state index is 4.40. The van der Waals surface area contributed by atoms with Crippen LogP contribution >= 0.6 is 0 Å². The van der Waals surface area contributed by atoms with E-state index in [1.54, 1.807) is 0 Å². The number of aryl methyl sites for hydroxylation is 1. The molecule has 2 unspecified atom stereocenters. The summed E-state index contributed by atoms with van der Waals surface area (Å²) in [6.07, 6.45) is 24.8. The van der Waals surface area contributed by atoms with Crippen LogP contribution in [0.5, 0.6) is 0 Å². The number of rotatable bonds is 14. The molecule has 0 fully saturated rings. The first-order chi connectivity index (χ1) is 29.1. The van der Waals surface area contributed by atoms with Crippen molar-refractivity contribution < 1.29 is 0 Å². The molecule has 0 saturated heterocycles. The van der Waals surface area contributed by atoms with E-state index in [1.807, 2.05) is 0 Å². The van der Waals surface area contributed by atoms with E-state index < -0.39 is 0 Å². The molecule has 0 aliphatic heterocycles. The number of para-hydroxylation sites is 1. The van der Waals surface area contributed by atoms with E-state index in [2.05, 4.69) is 241 Å². The van der Waals surface area contributed by atoms with Gasteiger partial charge in [0.25, 0.3) is 0 Å². The average molecular weight is 791 g/mol. The molecule has 5 aromatic carbocycles. The summed E-state index contributed by atoms with van der Waals surface area (Å²) in [6.45, 7) is 20.0. The van der Waals surface area contributed by atoms with Crippen LogP contribution in [0.4, 0.5) is 28.4 Å². The second-order valence-corrected chi connectivity index (χ2v) is 17.1. The van der Waals surface area contributed by atoms with Crippen molar-refractivity contribution in [1.82, 2.24) is 0 Å². The van der Waals surface area contributed by atoms with Gasteiger partial charge in [-0.3, -0.25) is 0 Å². The number of anilines is 5. The lowest BCUT2D eigenvalue weighted by Gasteiger charge is -2.34. The highest BCUT2D eigenvalue weighted by Crippen LogP contribution is 2.39. The summed E-state index contributed by atoms with van der Waals surface area (Å²) >= 11 is 0. The molecule has 0 bridgehead atoms. The zero-order valence-corrected chi connectivity index (χ0v) is 37.2. The van der Waals surface area contributed by atoms with Gasteiger partial charge in [-0.25, -0.2) is 0 Å². The second-order valence-electron chi connectivity index (χ2n) is 17.1. The fraction of sp³-hybridized carbons (Fsp3) is 0.276. The van der Waals surface area contributed by atoms with E-state index in [9.17, 15) is 0 Å². The first-order valence-corrected chi connectivity index (χ1v) is 22.2. The zero-order chi connectivity index (χ0) is 42.5. The van der Waals surface area contributed by atoms with Gasteiger partial charge in [0, 0.05) is 28.4 Å². The molecule has 60 heavy (non-hydrogen) atoms. The monoisotopic (exact) mass is 791 g/mol. The predicted octanol–water partition coefficient (Wildman–Crippen LogP) is 16.7. The third-order valence-electron chi connectivity index (χ3n) is 12.0. The lowest BCUT2D eigenvalue weighted by Crippen LogP contribution is -2.30. The van der Waals surface area contributed by atoms with Gasteiger partial charge in [0.2, 0.25) is 0 Å². The van der Waals surface area contributed by atoms with Crippen molar-refractivity contribution in [2.24, 2.45) is 5.92 Å². The SMILES string of the molecule is C=C(C1=CCC(C)C=C1)c1ccc(CC2=CCC(N(c3ccccc3)c3ccc(N(c4ccc(C(C)(C)CC)cc4)c4cccc(C)c4)cc3)C=C2)cc1.CC=CCCC. The molecule has 308 valence electrons. The van der Waals surface area contributed by atoms with Gasteiger partial charge in [-0.1, -0.05) is 163 Å². The van der Waals surface area contributed by atoms with Crippen LogP contribution in [0.2, 0.25) is 0 Å². The number of unbranched alkanes of at least 4 members (excludes halogenated alkanes) is 1. The normalized spacial score (nSPS) is 16.1. The Balaban J connectivity index is 0.000000937. The molecular weight excluding hydrogens is 725 g/mol. The van der Waals surface area contributed by atoms with Crippen molar-refractivity contribution in [3.8, 4) is 0 Å². The molecule has 2 aliphatic rings. The lowest BCUT2D eigenvalue weighted by atomic mass is 9.82. The van der Waals surface area contributed by atoms with Crippen molar-refractivity contribution in [3.05, 3.63) is 216 Å². The Morgan fingerprint density at radius 3 is 1.93 bits per heavy atom. The van der Waals surface area contributed by atoms with Gasteiger partial charge in [0.05, 0.1) is 6.04 Å². The molecule has 2 heteroatoms. The molecule has 0 amide bonds. The molecule has 0 radical (unpaired) electrons. The van der Waals surface area contributed by atoms with E-state index >= 15 is 0 Å². The van der Waals surface area contributed by atoms with Gasteiger partial charge in [0.1, 0.15) is 0 Å². The lowest BCUT2D eigenvalue weighted by molar-refractivity contribution is 0.506. The Labute approximate surface area is 362 Å². The number of nitrogens with zero attached hydrogens (tertiary/aromatic N) is 2. The molecule has 2 aliphatic carbocycles. The first kappa shape index (κ1) is 43.7. The molecule has 2 nitrogen and oxygen atoms in total. The first-order valence-electron chi connectivity index (χ1n) is 22.2. The minimum atomic E-state index is 0.143. The Hall–Kier alpha value is -5.86. The van der Waals surface area contributed by atoms with E-state index in [-0.39, 0.29) is 11.5 Å². The highest BCUT2D eigenvalue weighted by molar-refractivity contribution is 5.81. The van der Waals surface area contributed by atoms with Crippen LogP contribution in [-0.4, -0.2) is 6.04 Å². The van der Waals surface area contributed by atoms with E-state index in [0.717, 1.165) is 48.3 Å². The molecule has 0 heterocycles. The van der Waals surface area contributed by atoms with Crippen molar-refractivity contribution in [1.29, 1.82) is 0 Å². The number of allylic oxidation sites excluding steroid dienone is 9. The number of hydrogen-bond acceptors (Lipinski definition) is 2. The van der Waals surface area contributed by atoms with Gasteiger partial charge < -0.3 is 9.80 Å². The van der Waals surface area contributed by atoms with Crippen LogP contribution in [-0.2, 0) is 11.8 Å². The van der Waals surface area contributed by atoms with Crippen LogP contribution in [0.3, 0.4) is 0 Å². The van der Waals surface area contributed by atoms with Gasteiger partial charge in [-0.15, -0.1) is 0 Å². The summed E-state index contributed by atoms with van der Waals surface area (Å²) in [4.78, 5) is 4.84. The zero-order valence-electron chi connectivity index (χ0n) is 37.2. The van der Waals surface area contributed by atoms with Crippen LogP contribution in [0.1, 0.15) is 95.9 Å². The summed E-state index contributed by atoms with van der Waals surface area (Å²) in [5, 5.41) is 0.